The zero-order valence-electron chi connectivity index (χ0n) is 14.5. The van der Waals surface area contributed by atoms with Crippen molar-refractivity contribution in [1.82, 2.24) is 4.98 Å². The van der Waals surface area contributed by atoms with Crippen LogP contribution >= 0.6 is 0 Å². The summed E-state index contributed by atoms with van der Waals surface area (Å²) in [5.74, 6) is -2.61. The molecule has 1 unspecified atom stereocenters. The van der Waals surface area contributed by atoms with E-state index < -0.39 is 53.9 Å². The van der Waals surface area contributed by atoms with Crippen LogP contribution in [0.1, 0.15) is 24.1 Å². The van der Waals surface area contributed by atoms with Crippen LogP contribution in [0.4, 0.5) is 22.0 Å². The molecule has 28 heavy (non-hydrogen) atoms. The molecule has 0 aliphatic heterocycles. The van der Waals surface area contributed by atoms with Crippen molar-refractivity contribution in [2.45, 2.75) is 24.6 Å². The van der Waals surface area contributed by atoms with E-state index in [9.17, 15) is 32.2 Å². The number of nitrogens with zero attached hydrogens (tertiary/aromatic N) is 4. The molecule has 0 saturated carbocycles. The Balaban J connectivity index is 2.81. The molecule has 0 amide bonds. The molecule has 2 atom stereocenters. The van der Waals surface area contributed by atoms with E-state index in [1.54, 1.807) is 0 Å². The number of aromatic nitrogens is 1. The van der Waals surface area contributed by atoms with Gasteiger partial charge >= 0.3 is 6.18 Å². The predicted molar refractivity (Wildman–Crippen MR) is 89.1 cm³/mol. The van der Waals surface area contributed by atoms with E-state index in [0.29, 0.717) is 6.07 Å². The van der Waals surface area contributed by atoms with Crippen LogP contribution in [0.3, 0.4) is 0 Å². The molecule has 1 aromatic heterocycles. The van der Waals surface area contributed by atoms with E-state index in [4.69, 9.17) is 5.53 Å². The molecule has 0 bridgehead atoms. The third-order valence-electron chi connectivity index (χ3n) is 4.16. The molecule has 2 aromatic rings. The van der Waals surface area contributed by atoms with Crippen LogP contribution in [0.2, 0.25) is 0 Å². The van der Waals surface area contributed by atoms with Crippen molar-refractivity contribution in [2.75, 3.05) is 13.2 Å². The van der Waals surface area contributed by atoms with Crippen LogP contribution in [0, 0.1) is 11.6 Å². The van der Waals surface area contributed by atoms with Gasteiger partial charge in [0, 0.05) is 23.0 Å². The number of pyridine rings is 1. The van der Waals surface area contributed by atoms with Gasteiger partial charge in [-0.1, -0.05) is 12.0 Å². The second kappa shape index (κ2) is 8.09. The minimum atomic E-state index is -5.30. The predicted octanol–water partition coefficient (Wildman–Crippen LogP) is 4.18. The molecule has 6 nitrogen and oxygen atoms in total. The van der Waals surface area contributed by atoms with Crippen LogP contribution in [-0.4, -0.2) is 34.5 Å². The van der Waals surface area contributed by atoms with Crippen molar-refractivity contribution in [2.24, 2.45) is 5.11 Å². The third kappa shape index (κ3) is 4.06. The van der Waals surface area contributed by atoms with Crippen LogP contribution in [-0.2, 0) is 5.60 Å². The van der Waals surface area contributed by atoms with Gasteiger partial charge in [-0.15, -0.1) is 0 Å². The maximum Gasteiger partial charge on any atom is 0.423 e. The SMILES string of the molecule is CC(CO)c1cc([C@@](O)(CN=[N+]=[N-])C(F)(F)F)nc(-c2ccc(F)cc2)c1F. The maximum atomic E-state index is 14.9. The van der Waals surface area contributed by atoms with Crippen molar-refractivity contribution in [3.05, 3.63) is 63.7 Å². The van der Waals surface area contributed by atoms with Gasteiger partial charge in [0.05, 0.1) is 12.2 Å². The van der Waals surface area contributed by atoms with Crippen molar-refractivity contribution >= 4 is 0 Å². The lowest BCUT2D eigenvalue weighted by atomic mass is 9.92. The minimum Gasteiger partial charge on any atom is -0.396 e. The molecule has 0 radical (unpaired) electrons. The van der Waals surface area contributed by atoms with Gasteiger partial charge < -0.3 is 10.2 Å². The Morgan fingerprint density at radius 1 is 1.21 bits per heavy atom. The first kappa shape index (κ1) is 21.5. The molecule has 1 aromatic carbocycles. The highest BCUT2D eigenvalue weighted by molar-refractivity contribution is 5.61. The van der Waals surface area contributed by atoms with Crippen molar-refractivity contribution in [1.29, 1.82) is 0 Å². The van der Waals surface area contributed by atoms with Gasteiger partial charge in [-0.2, -0.15) is 13.2 Å². The molecule has 0 aliphatic carbocycles. The Kier molecular flexibility index (Phi) is 6.23. The standard InChI is InChI=1S/C17H15F5N4O2/c1-9(7-27)12-6-13(16(28,8-24-26-23)17(20,21)22)25-15(14(12)19)10-2-4-11(18)5-3-10/h2-6,9,27-28H,7-8H2,1H3/t9?,16-/m0/s1. The van der Waals surface area contributed by atoms with Gasteiger partial charge in [0.2, 0.25) is 5.60 Å². The molecular formula is C17H15F5N4O2. The van der Waals surface area contributed by atoms with Gasteiger partial charge in [-0.05, 0) is 41.4 Å². The smallest absolute Gasteiger partial charge is 0.396 e. The summed E-state index contributed by atoms with van der Waals surface area (Å²) in [6, 6.07) is 4.82. The molecule has 0 saturated heterocycles. The van der Waals surface area contributed by atoms with Gasteiger partial charge in [0.25, 0.3) is 0 Å². The van der Waals surface area contributed by atoms with E-state index in [1.165, 1.54) is 6.92 Å². The normalized spacial score (nSPS) is 14.9. The number of rotatable bonds is 6. The first-order chi connectivity index (χ1) is 13.0. The molecule has 0 fully saturated rings. The van der Waals surface area contributed by atoms with E-state index in [2.05, 4.69) is 15.0 Å². The van der Waals surface area contributed by atoms with Crippen molar-refractivity contribution < 1.29 is 32.2 Å². The van der Waals surface area contributed by atoms with E-state index in [0.717, 1.165) is 24.3 Å². The Morgan fingerprint density at radius 3 is 2.32 bits per heavy atom. The summed E-state index contributed by atoms with van der Waals surface area (Å²) in [6.45, 7) is -0.665. The highest BCUT2D eigenvalue weighted by Gasteiger charge is 2.56. The molecule has 2 rings (SSSR count). The van der Waals surface area contributed by atoms with Crippen LogP contribution < -0.4 is 0 Å². The monoisotopic (exact) mass is 402 g/mol. The Labute approximate surface area is 155 Å². The summed E-state index contributed by atoms with van der Waals surface area (Å²) in [7, 11) is 0. The first-order valence-electron chi connectivity index (χ1n) is 7.92. The van der Waals surface area contributed by atoms with Crippen LogP contribution in [0.25, 0.3) is 21.7 Å². The Bertz CT molecular complexity index is 898. The summed E-state index contributed by atoms with van der Waals surface area (Å²) in [5.41, 5.74) is 2.71. The van der Waals surface area contributed by atoms with Gasteiger partial charge in [-0.25, -0.2) is 13.8 Å². The number of aliphatic hydroxyl groups excluding tert-OH is 1. The highest BCUT2D eigenvalue weighted by Crippen LogP contribution is 2.41. The molecule has 0 aliphatic rings. The largest absolute Gasteiger partial charge is 0.423 e. The maximum absolute atomic E-state index is 14.9. The zero-order chi connectivity index (χ0) is 21.1. The summed E-state index contributed by atoms with van der Waals surface area (Å²) in [5, 5.41) is 22.4. The fourth-order valence-corrected chi connectivity index (χ4v) is 2.47. The Morgan fingerprint density at radius 2 is 1.82 bits per heavy atom. The lowest BCUT2D eigenvalue weighted by Crippen LogP contribution is -2.46. The van der Waals surface area contributed by atoms with Crippen LogP contribution in [0.15, 0.2) is 35.4 Å². The number of halogens is 5. The molecule has 0 spiro atoms. The number of alkyl halides is 3. The van der Waals surface area contributed by atoms with Gasteiger partial charge in [0.15, 0.2) is 5.82 Å². The number of benzene rings is 1. The summed E-state index contributed by atoms with van der Waals surface area (Å²) >= 11 is 0. The molecular weight excluding hydrogens is 387 g/mol. The summed E-state index contributed by atoms with van der Waals surface area (Å²) < 4.78 is 68.7. The summed E-state index contributed by atoms with van der Waals surface area (Å²) in [4.78, 5) is 5.83. The molecule has 2 N–H and O–H groups in total. The van der Waals surface area contributed by atoms with Gasteiger partial charge in [-0.3, -0.25) is 0 Å². The fraction of sp³-hybridized carbons (Fsp3) is 0.353. The van der Waals surface area contributed by atoms with Crippen molar-refractivity contribution in [3.63, 3.8) is 0 Å². The highest BCUT2D eigenvalue weighted by atomic mass is 19.4. The Hall–Kier alpha value is -2.75. The van der Waals surface area contributed by atoms with Crippen LogP contribution in [0.5, 0.6) is 0 Å². The first-order valence-corrected chi connectivity index (χ1v) is 7.92. The quantitative estimate of drug-likeness (QED) is 0.328. The lowest BCUT2D eigenvalue weighted by molar-refractivity contribution is -0.263. The van der Waals surface area contributed by atoms with Gasteiger partial charge in [0.1, 0.15) is 11.5 Å². The second-order valence-corrected chi connectivity index (χ2v) is 6.10. The number of azide groups is 1. The fourth-order valence-electron chi connectivity index (χ4n) is 2.47. The molecule has 11 heteroatoms. The lowest BCUT2D eigenvalue weighted by Gasteiger charge is -2.29. The van der Waals surface area contributed by atoms with E-state index in [1.807, 2.05) is 0 Å². The van der Waals surface area contributed by atoms with E-state index in [-0.39, 0.29) is 11.1 Å². The average Bonchev–Trinajstić information content (AvgIpc) is 2.65. The third-order valence-corrected chi connectivity index (χ3v) is 4.16. The summed E-state index contributed by atoms with van der Waals surface area (Å²) in [6.07, 6.45) is -5.30. The zero-order valence-corrected chi connectivity index (χ0v) is 14.5. The average molecular weight is 402 g/mol. The molecule has 1 heterocycles. The minimum absolute atomic E-state index is 0.0413. The van der Waals surface area contributed by atoms with Crippen molar-refractivity contribution in [3.8, 4) is 11.3 Å². The number of hydrogen-bond acceptors (Lipinski definition) is 4. The molecule has 150 valence electrons. The van der Waals surface area contributed by atoms with E-state index >= 15 is 0 Å². The topological polar surface area (TPSA) is 102 Å². The number of aliphatic hydroxyl groups is 2. The second-order valence-electron chi connectivity index (χ2n) is 6.10. The number of hydrogen-bond donors (Lipinski definition) is 2.